The number of hydrogen-bond acceptors (Lipinski definition) is 5. The minimum absolute atomic E-state index is 0.139. The summed E-state index contributed by atoms with van der Waals surface area (Å²) in [6, 6.07) is 23.9. The maximum atomic E-state index is 13.8. The van der Waals surface area contributed by atoms with E-state index in [4.69, 9.17) is 9.47 Å². The van der Waals surface area contributed by atoms with E-state index in [0.29, 0.717) is 18.0 Å². The van der Waals surface area contributed by atoms with E-state index in [1.165, 1.54) is 4.90 Å². The Balaban J connectivity index is 1.59. The molecule has 0 aliphatic carbocycles. The van der Waals surface area contributed by atoms with Crippen LogP contribution in [0, 0.1) is 0 Å². The zero-order chi connectivity index (χ0) is 23.4. The standard InChI is InChI=1S/C26H27N3O4/c1-28(17-19-14-15-22(32-2)23(16-19)33-3)18-29-24(30)26(27-25(29)31,20-10-6-4-7-11-20)21-12-8-5-9-13-21/h4-16H,17-18H2,1-3H3,(H,27,31). The average molecular weight is 446 g/mol. The van der Waals surface area contributed by atoms with Gasteiger partial charge in [0.25, 0.3) is 5.91 Å². The molecule has 7 nitrogen and oxygen atoms in total. The molecule has 0 atom stereocenters. The van der Waals surface area contributed by atoms with Crippen LogP contribution in [0.15, 0.2) is 78.9 Å². The molecule has 0 saturated carbocycles. The Hall–Kier alpha value is -3.84. The number of carbonyl (C=O) groups excluding carboxylic acids is 2. The molecule has 7 heteroatoms. The third kappa shape index (κ3) is 4.15. The number of hydrogen-bond donors (Lipinski definition) is 1. The number of nitrogens with one attached hydrogen (secondary N) is 1. The molecule has 1 aliphatic heterocycles. The molecule has 1 fully saturated rings. The second kappa shape index (κ2) is 9.34. The first kappa shape index (κ1) is 22.4. The Kier molecular flexibility index (Phi) is 6.33. The predicted molar refractivity (Wildman–Crippen MR) is 125 cm³/mol. The van der Waals surface area contributed by atoms with Crippen LogP contribution in [0.5, 0.6) is 11.5 Å². The average Bonchev–Trinajstić information content (AvgIpc) is 3.10. The van der Waals surface area contributed by atoms with Crippen LogP contribution in [-0.2, 0) is 16.9 Å². The number of amides is 3. The number of ether oxygens (including phenoxy) is 2. The summed E-state index contributed by atoms with van der Waals surface area (Å²) in [5, 5.41) is 2.98. The molecule has 0 unspecified atom stereocenters. The van der Waals surface area contributed by atoms with Gasteiger partial charge in [-0.15, -0.1) is 0 Å². The molecule has 0 bridgehead atoms. The highest BCUT2D eigenvalue weighted by molar-refractivity contribution is 6.09. The topological polar surface area (TPSA) is 71.1 Å². The first-order valence-electron chi connectivity index (χ1n) is 10.6. The first-order valence-corrected chi connectivity index (χ1v) is 10.6. The number of benzene rings is 3. The van der Waals surface area contributed by atoms with E-state index in [0.717, 1.165) is 16.7 Å². The second-order valence-corrected chi connectivity index (χ2v) is 7.99. The number of rotatable bonds is 8. The monoisotopic (exact) mass is 445 g/mol. The maximum Gasteiger partial charge on any atom is 0.326 e. The zero-order valence-electron chi connectivity index (χ0n) is 18.9. The molecule has 1 aliphatic rings. The fourth-order valence-electron chi connectivity index (χ4n) is 4.22. The van der Waals surface area contributed by atoms with Crippen LogP contribution in [0.1, 0.15) is 16.7 Å². The van der Waals surface area contributed by atoms with Gasteiger partial charge in [0.05, 0.1) is 20.9 Å². The van der Waals surface area contributed by atoms with E-state index < -0.39 is 11.6 Å². The van der Waals surface area contributed by atoms with Gasteiger partial charge >= 0.3 is 6.03 Å². The summed E-state index contributed by atoms with van der Waals surface area (Å²) >= 11 is 0. The fraction of sp³-hybridized carbons (Fsp3) is 0.231. The van der Waals surface area contributed by atoms with Crippen molar-refractivity contribution in [1.29, 1.82) is 0 Å². The molecule has 1 N–H and O–H groups in total. The summed E-state index contributed by atoms with van der Waals surface area (Å²) in [7, 11) is 5.04. The van der Waals surface area contributed by atoms with Gasteiger partial charge in [-0.1, -0.05) is 66.7 Å². The molecule has 0 aromatic heterocycles. The van der Waals surface area contributed by atoms with Crippen molar-refractivity contribution in [2.24, 2.45) is 0 Å². The molecule has 3 aromatic carbocycles. The quantitative estimate of drug-likeness (QED) is 0.537. The van der Waals surface area contributed by atoms with Crippen LogP contribution in [0.4, 0.5) is 4.79 Å². The molecule has 0 spiro atoms. The molecule has 170 valence electrons. The lowest BCUT2D eigenvalue weighted by molar-refractivity contribution is -0.131. The van der Waals surface area contributed by atoms with Gasteiger partial charge in [-0.2, -0.15) is 0 Å². The molecule has 1 heterocycles. The zero-order valence-corrected chi connectivity index (χ0v) is 18.9. The minimum atomic E-state index is -1.26. The summed E-state index contributed by atoms with van der Waals surface area (Å²) in [4.78, 5) is 30.0. The van der Waals surface area contributed by atoms with Crippen LogP contribution in [-0.4, -0.2) is 49.7 Å². The van der Waals surface area contributed by atoms with Crippen molar-refractivity contribution in [2.75, 3.05) is 27.9 Å². The van der Waals surface area contributed by atoms with Crippen molar-refractivity contribution in [2.45, 2.75) is 12.1 Å². The molecule has 0 radical (unpaired) electrons. The van der Waals surface area contributed by atoms with Crippen LogP contribution in [0.25, 0.3) is 0 Å². The highest BCUT2D eigenvalue weighted by Crippen LogP contribution is 2.36. The lowest BCUT2D eigenvalue weighted by Gasteiger charge is -2.28. The van der Waals surface area contributed by atoms with Gasteiger partial charge in [-0.25, -0.2) is 9.69 Å². The molecule has 1 saturated heterocycles. The third-order valence-corrected chi connectivity index (χ3v) is 5.80. The van der Waals surface area contributed by atoms with Crippen molar-refractivity contribution >= 4 is 11.9 Å². The maximum absolute atomic E-state index is 13.8. The van der Waals surface area contributed by atoms with Crippen LogP contribution < -0.4 is 14.8 Å². The van der Waals surface area contributed by atoms with E-state index in [9.17, 15) is 9.59 Å². The lowest BCUT2D eigenvalue weighted by Crippen LogP contribution is -2.46. The van der Waals surface area contributed by atoms with Gasteiger partial charge in [0.2, 0.25) is 0 Å². The SMILES string of the molecule is COc1ccc(CN(C)CN2C(=O)NC(c3ccccc3)(c3ccccc3)C2=O)cc1OC. The van der Waals surface area contributed by atoms with Crippen molar-refractivity contribution in [1.82, 2.24) is 15.1 Å². The van der Waals surface area contributed by atoms with Crippen LogP contribution >= 0.6 is 0 Å². The van der Waals surface area contributed by atoms with Crippen LogP contribution in [0.2, 0.25) is 0 Å². The van der Waals surface area contributed by atoms with Gasteiger partial charge in [-0.05, 0) is 35.9 Å². The van der Waals surface area contributed by atoms with E-state index in [-0.39, 0.29) is 12.6 Å². The number of imide groups is 1. The van der Waals surface area contributed by atoms with E-state index in [1.807, 2.05) is 90.8 Å². The van der Waals surface area contributed by atoms with Gasteiger partial charge in [0.1, 0.15) is 0 Å². The van der Waals surface area contributed by atoms with Gasteiger partial charge in [0, 0.05) is 6.54 Å². The van der Waals surface area contributed by atoms with Crippen molar-refractivity contribution < 1.29 is 19.1 Å². The van der Waals surface area contributed by atoms with Crippen LogP contribution in [0.3, 0.4) is 0 Å². The third-order valence-electron chi connectivity index (χ3n) is 5.80. The molecular weight excluding hydrogens is 418 g/mol. The van der Waals surface area contributed by atoms with E-state index in [2.05, 4.69) is 5.32 Å². The Morgan fingerprint density at radius 1 is 0.848 bits per heavy atom. The van der Waals surface area contributed by atoms with Crippen molar-refractivity contribution in [3.05, 3.63) is 95.6 Å². The Morgan fingerprint density at radius 3 is 1.97 bits per heavy atom. The summed E-state index contributed by atoms with van der Waals surface area (Å²) in [6.07, 6.45) is 0. The lowest BCUT2D eigenvalue weighted by atomic mass is 9.83. The van der Waals surface area contributed by atoms with Crippen molar-refractivity contribution in [3.63, 3.8) is 0 Å². The Bertz CT molecular complexity index is 1100. The Morgan fingerprint density at radius 2 is 1.42 bits per heavy atom. The highest BCUT2D eigenvalue weighted by atomic mass is 16.5. The Labute approximate surface area is 193 Å². The largest absolute Gasteiger partial charge is 0.493 e. The normalized spacial score (nSPS) is 15.0. The molecule has 33 heavy (non-hydrogen) atoms. The highest BCUT2D eigenvalue weighted by Gasteiger charge is 2.53. The first-order chi connectivity index (χ1) is 16.0. The van der Waals surface area contributed by atoms with Gasteiger partial charge < -0.3 is 14.8 Å². The number of nitrogens with zero attached hydrogens (tertiary/aromatic N) is 2. The molecule has 4 rings (SSSR count). The van der Waals surface area contributed by atoms with E-state index in [1.54, 1.807) is 14.2 Å². The predicted octanol–water partition coefficient (Wildman–Crippen LogP) is 3.59. The number of carbonyl (C=O) groups is 2. The summed E-state index contributed by atoms with van der Waals surface area (Å²) in [5.74, 6) is 0.975. The summed E-state index contributed by atoms with van der Waals surface area (Å²) < 4.78 is 10.7. The smallest absolute Gasteiger partial charge is 0.326 e. The van der Waals surface area contributed by atoms with E-state index >= 15 is 0 Å². The number of urea groups is 1. The molecule has 3 amide bonds. The van der Waals surface area contributed by atoms with Crippen molar-refractivity contribution in [3.8, 4) is 11.5 Å². The minimum Gasteiger partial charge on any atom is -0.493 e. The molecular formula is C26H27N3O4. The summed E-state index contributed by atoms with van der Waals surface area (Å²) in [5.41, 5.74) is 1.16. The second-order valence-electron chi connectivity index (χ2n) is 7.99. The summed E-state index contributed by atoms with van der Waals surface area (Å²) in [6.45, 7) is 0.654. The van der Waals surface area contributed by atoms with Gasteiger partial charge in [0.15, 0.2) is 17.0 Å². The van der Waals surface area contributed by atoms with Gasteiger partial charge in [-0.3, -0.25) is 9.69 Å². The fourth-order valence-corrected chi connectivity index (χ4v) is 4.22. The number of methoxy groups -OCH3 is 2. The molecule has 3 aromatic rings.